The number of amides is 9. The number of nitrogens with two attached hydrogens (primary N) is 1. The van der Waals surface area contributed by atoms with Gasteiger partial charge in [0.15, 0.2) is 0 Å². The number of rotatable bonds is 32. The number of alkyl halides is 1. The normalized spacial score (nSPS) is 36.4. The van der Waals surface area contributed by atoms with Crippen molar-refractivity contribution < 1.29 is 68.6 Å². The number of ether oxygens (including phenoxy) is 2. The molecule has 22 atom stereocenters. The lowest BCUT2D eigenvalue weighted by atomic mass is 9.47. The highest BCUT2D eigenvalue weighted by molar-refractivity contribution is 8.00. The van der Waals surface area contributed by atoms with Crippen LogP contribution in [0.15, 0.2) is 23.3 Å². The number of hydroxylamine groups is 2. The second-order valence-electron chi connectivity index (χ2n) is 35.4. The van der Waals surface area contributed by atoms with Crippen molar-refractivity contribution in [3.05, 3.63) is 23.3 Å². The van der Waals surface area contributed by atoms with Crippen molar-refractivity contribution in [3.8, 4) is 0 Å². The van der Waals surface area contributed by atoms with Crippen molar-refractivity contribution in [1.29, 1.82) is 0 Å². The number of nitrogens with one attached hydrogen (secondary N) is 7. The number of carbonyl (C=O) groups is 8. The first-order chi connectivity index (χ1) is 52.3. The van der Waals surface area contributed by atoms with Crippen molar-refractivity contribution >= 4 is 71.1 Å². The first kappa shape index (κ1) is 84.4. The number of nitrogens with zero attached hydrogens (tertiary/aromatic N) is 1. The number of thioether (sulfide) groups is 2. The Morgan fingerprint density at radius 3 is 1.45 bits per heavy atom. The SMILES string of the molecule is CC(CCC(=O)ON1C(=O)CCC1=O)[C@H]1CC[C@H]2[C@@H]3CC=C4C[C@@H](O)CC[C@]4(C)[C@H]3CC[C@]12C.CC(CCCCC(=O)NCCOCCNC(=O)CCCC[C@@H]1SC[C@@H]2NC(=O)N[C@@H]21)[C@H]1CC[C@H]2C3CC=C4C[C@@H](O)CC[C@]4(C)[C@H]3CC[C@]12C.NCCOCCNC(=O)CCCC[C@@H]1SC[C@@H]2NC(=O)N[C@@H]21.[2H]CF. The van der Waals surface area contributed by atoms with Gasteiger partial charge in [0.1, 0.15) is 0 Å². The van der Waals surface area contributed by atoms with E-state index in [-0.39, 0.29) is 90.8 Å². The highest BCUT2D eigenvalue weighted by Crippen LogP contribution is 2.69. The van der Waals surface area contributed by atoms with E-state index >= 15 is 0 Å². The van der Waals surface area contributed by atoms with E-state index in [4.69, 9.17) is 21.4 Å². The van der Waals surface area contributed by atoms with E-state index < -0.39 is 24.9 Å². The number of urea groups is 2. The average Bonchev–Trinajstić information content (AvgIpc) is 0.868. The number of allylic oxidation sites excluding steroid dienone is 2. The number of hydrogen-bond donors (Lipinski definition) is 10. The van der Waals surface area contributed by atoms with E-state index in [0.717, 1.165) is 156 Å². The first-order valence-electron chi connectivity index (χ1n) is 42.7. The van der Waals surface area contributed by atoms with Crippen LogP contribution in [0.25, 0.3) is 0 Å². The maximum atomic E-state index is 12.5. The van der Waals surface area contributed by atoms with Gasteiger partial charge in [-0.15, -0.1) is 5.06 Å². The molecule has 11 N–H and O–H groups in total. The molecular formula is C83H136FN9O13S2. The number of imide groups is 1. The maximum Gasteiger partial charge on any atom is 0.333 e. The van der Waals surface area contributed by atoms with E-state index in [9.17, 15) is 53.0 Å². The predicted molar refractivity (Wildman–Crippen MR) is 420 cm³/mol. The molecule has 0 bridgehead atoms. The third-order valence-corrected chi connectivity index (χ3v) is 32.1. The molecule has 0 aromatic rings. The number of aliphatic hydroxyl groups excluding tert-OH is 2. The van der Waals surface area contributed by atoms with Gasteiger partial charge >= 0.3 is 18.0 Å². The average molecular weight is 1550 g/mol. The summed E-state index contributed by atoms with van der Waals surface area (Å²) in [5.74, 6) is 8.00. The monoisotopic (exact) mass is 1550 g/mol. The summed E-state index contributed by atoms with van der Waals surface area (Å²) in [5.41, 5.74) is 9.72. The fourth-order valence-electron chi connectivity index (χ4n) is 23.4. The lowest BCUT2D eigenvalue weighted by Crippen LogP contribution is -2.50. The van der Waals surface area contributed by atoms with E-state index in [1.165, 1.54) is 69.8 Å². The zero-order valence-corrected chi connectivity index (χ0v) is 67.7. The maximum absolute atomic E-state index is 12.5. The molecule has 0 aromatic carbocycles. The van der Waals surface area contributed by atoms with Gasteiger partial charge in [-0.05, 0) is 222 Å². The number of aliphatic hydroxyl groups is 2. The molecule has 3 unspecified atom stereocenters. The van der Waals surface area contributed by atoms with Crippen LogP contribution in [-0.2, 0) is 43.1 Å². The number of hydrogen-bond acceptors (Lipinski definition) is 16. The van der Waals surface area contributed by atoms with Gasteiger partial charge in [-0.25, -0.2) is 14.4 Å². The number of unbranched alkanes of at least 4 members (excludes halogenated alkanes) is 3. The molecule has 6 saturated carbocycles. The summed E-state index contributed by atoms with van der Waals surface area (Å²) in [6, 6.07) is 0.909. The molecule has 0 aromatic heterocycles. The molecule has 5 saturated heterocycles. The van der Waals surface area contributed by atoms with Crippen LogP contribution in [0.5, 0.6) is 0 Å². The second-order valence-corrected chi connectivity index (χ2v) is 37.9. The van der Waals surface area contributed by atoms with Crippen LogP contribution in [-0.4, -0.2) is 181 Å². The van der Waals surface area contributed by atoms with E-state index in [2.05, 4.69) is 90.9 Å². The van der Waals surface area contributed by atoms with Gasteiger partial charge in [0, 0.05) is 86.7 Å². The minimum Gasteiger partial charge on any atom is -0.393 e. The Hall–Kier alpha value is -4.53. The topological polar surface area (TPSA) is 318 Å². The van der Waals surface area contributed by atoms with Gasteiger partial charge in [0.2, 0.25) is 17.7 Å². The van der Waals surface area contributed by atoms with E-state index in [0.29, 0.717) is 121 Å². The summed E-state index contributed by atoms with van der Waals surface area (Å²) >= 11 is 3.82. The van der Waals surface area contributed by atoms with Crippen molar-refractivity contribution in [2.24, 2.45) is 86.6 Å². The minimum absolute atomic E-state index is 0.0449. The Kier molecular flexibility index (Phi) is 31.2. The summed E-state index contributed by atoms with van der Waals surface area (Å²) in [4.78, 5) is 100.0. The van der Waals surface area contributed by atoms with Gasteiger partial charge in [-0.1, -0.05) is 90.5 Å². The van der Waals surface area contributed by atoms with Crippen molar-refractivity contribution in [2.75, 3.05) is 71.3 Å². The van der Waals surface area contributed by atoms with Crippen LogP contribution >= 0.6 is 23.5 Å². The molecule has 610 valence electrons. The molecule has 8 aliphatic carbocycles. The molecule has 13 aliphatic rings. The summed E-state index contributed by atoms with van der Waals surface area (Å²) in [6.45, 7) is 18.8. The molecule has 5 heterocycles. The standard InChI is InChI=1S/C40H66N4O5S.C28H41NO5.C14H26N4O3S.CH3F/c1-26(30-14-15-31-29-13-12-27-24-28(45)16-18-39(27,2)32(29)17-19-40(30,31)3)8-4-6-10-35(46)41-20-22-49-23-21-42-36(47)11-7-5-9-34-37-33(25-50-34)43-38(48)44-37;1-17(4-11-26(33)34-29-24(31)9-10-25(29)32)21-7-8-22-20-6-5-18-16-19(30)12-14-27(18,2)23(20)13-15-28(21,22)3;15-5-7-21-8-6-16-12(19)4-2-1-3-11-13-10(9-22-11)17-14(20)18-13;1-2/h12,26,28-34,37,45H,4-11,13-25H2,1-3H3,(H,41,46)(H,42,47)(H2,43,44,48);5,17,19-23,30H,4,6-16H2,1-3H3;10-11,13H,1-9,15H2,(H,16,19)(H2,17,18,20);1H3/t26?,28-,29?,30+,31-,32-,33-,34-,37-,39-,40+;17?,19-,20-,21+,22-,23-,27-,28+;10-,11-,13-;/m000./s1/i;;;1D. The third kappa shape index (κ3) is 20.9. The zero-order valence-electron chi connectivity index (χ0n) is 67.1. The Bertz CT molecular complexity index is 3130. The van der Waals surface area contributed by atoms with Gasteiger partial charge < -0.3 is 67.5 Å². The van der Waals surface area contributed by atoms with Crippen LogP contribution in [0, 0.1) is 80.8 Å². The van der Waals surface area contributed by atoms with Gasteiger partial charge in [0.25, 0.3) is 11.8 Å². The summed E-state index contributed by atoms with van der Waals surface area (Å²) in [5, 5.41) is 42.8. The minimum atomic E-state index is -1.00. The summed E-state index contributed by atoms with van der Waals surface area (Å²) in [7, 11) is -1.00. The third-order valence-electron chi connectivity index (χ3n) is 29.1. The van der Waals surface area contributed by atoms with Crippen molar-refractivity contribution in [1.82, 2.24) is 42.3 Å². The van der Waals surface area contributed by atoms with Crippen molar-refractivity contribution in [2.45, 2.75) is 294 Å². The van der Waals surface area contributed by atoms with E-state index in [1.807, 2.05) is 23.5 Å². The first-order valence-corrected chi connectivity index (χ1v) is 44.1. The Labute approximate surface area is 653 Å². The number of carbonyl (C=O) groups excluding carboxylic acids is 8. The molecule has 9 amide bonds. The van der Waals surface area contributed by atoms with E-state index in [1.54, 1.807) is 5.57 Å². The Morgan fingerprint density at radius 1 is 0.583 bits per heavy atom. The molecule has 0 spiro atoms. The highest BCUT2D eigenvalue weighted by atomic mass is 32.2. The Balaban J connectivity index is 0.000000185. The zero-order chi connectivity index (χ0) is 78.0. The predicted octanol–water partition coefficient (Wildman–Crippen LogP) is 11.4. The summed E-state index contributed by atoms with van der Waals surface area (Å²) in [6.07, 6.45) is 35.5. The largest absolute Gasteiger partial charge is 0.393 e. The van der Waals surface area contributed by atoms with Gasteiger partial charge in [0.05, 0.1) is 71.3 Å². The van der Waals surface area contributed by atoms with Gasteiger partial charge in [-0.2, -0.15) is 23.5 Å². The lowest BCUT2D eigenvalue weighted by molar-refractivity contribution is -0.197. The van der Waals surface area contributed by atoms with Gasteiger partial charge in [-0.3, -0.25) is 28.4 Å². The van der Waals surface area contributed by atoms with Crippen molar-refractivity contribution in [3.63, 3.8) is 0 Å². The van der Waals surface area contributed by atoms with Crippen LogP contribution in [0.2, 0.25) is 0 Å². The molecule has 13 rings (SSSR count). The fourth-order valence-corrected chi connectivity index (χ4v) is 26.5. The molecule has 22 nitrogen and oxygen atoms in total. The van der Waals surface area contributed by atoms with Crippen LogP contribution in [0.4, 0.5) is 14.0 Å². The summed E-state index contributed by atoms with van der Waals surface area (Å²) < 4.78 is 26.3. The molecule has 25 heteroatoms. The second kappa shape index (κ2) is 40.0. The Morgan fingerprint density at radius 2 is 1.01 bits per heavy atom. The highest BCUT2D eigenvalue weighted by Gasteiger charge is 2.61. The van der Waals surface area contributed by atoms with Crippen LogP contribution in [0.3, 0.4) is 0 Å². The molecular weight excluding hydrogens is 1410 g/mol. The fraction of sp³-hybridized carbons (Fsp3) is 0.855. The van der Waals surface area contributed by atoms with Crippen LogP contribution < -0.4 is 43.0 Å². The lowest BCUT2D eigenvalue weighted by Gasteiger charge is -2.58. The molecule has 11 fully saturated rings. The van der Waals surface area contributed by atoms with Crippen LogP contribution in [0.1, 0.15) is 248 Å². The smallest absolute Gasteiger partial charge is 0.333 e. The number of halogens is 1. The number of fused-ring (bicyclic) bond motifs is 12. The molecule has 5 aliphatic heterocycles. The quantitative estimate of drug-likeness (QED) is 0.0130. The molecule has 108 heavy (non-hydrogen) atoms. The molecule has 0 radical (unpaired) electrons.